The largest absolute Gasteiger partial charge is 0.394 e. The van der Waals surface area contributed by atoms with Gasteiger partial charge in [0.15, 0.2) is 18.9 Å². The van der Waals surface area contributed by atoms with Crippen molar-refractivity contribution in [2.75, 3.05) is 13.2 Å². The normalized spacial score (nSPS) is 53.7. The van der Waals surface area contributed by atoms with Crippen LogP contribution in [0.15, 0.2) is 0 Å². The fourth-order valence-corrected chi connectivity index (χ4v) is 3.98. The van der Waals surface area contributed by atoms with Crippen LogP contribution in [0.25, 0.3) is 0 Å². The highest BCUT2D eigenvalue weighted by atomic mass is 16.8. The molecule has 3 rings (SSSR count). The van der Waals surface area contributed by atoms with E-state index >= 15 is 0 Å². The highest BCUT2D eigenvalue weighted by Crippen LogP contribution is 2.32. The molecule has 33 heavy (non-hydrogen) atoms. The Morgan fingerprint density at radius 1 is 0.545 bits per heavy atom. The summed E-state index contributed by atoms with van der Waals surface area (Å²) >= 11 is 0. The Hall–Kier alpha value is -0.600. The predicted octanol–water partition coefficient (Wildman–Crippen LogP) is -6.55. The first-order chi connectivity index (χ1) is 15.5. The lowest BCUT2D eigenvalue weighted by Gasteiger charge is -2.48. The minimum Gasteiger partial charge on any atom is -0.394 e. The van der Waals surface area contributed by atoms with Gasteiger partial charge >= 0.3 is 0 Å². The van der Waals surface area contributed by atoms with E-state index in [4.69, 9.17) is 23.7 Å². The van der Waals surface area contributed by atoms with Crippen molar-refractivity contribution in [1.29, 1.82) is 0 Å². The molecule has 3 heterocycles. The predicted molar refractivity (Wildman–Crippen MR) is 99.8 cm³/mol. The summed E-state index contributed by atoms with van der Waals surface area (Å²) < 4.78 is 26.9. The van der Waals surface area contributed by atoms with Gasteiger partial charge in [-0.15, -0.1) is 0 Å². The van der Waals surface area contributed by atoms with Gasteiger partial charge in [0.1, 0.15) is 67.1 Å². The lowest BCUT2D eigenvalue weighted by molar-refractivity contribution is -0.385. The molecule has 3 fully saturated rings. The fraction of sp³-hybridized carbons (Fsp3) is 1.00. The van der Waals surface area contributed by atoms with Crippen LogP contribution in [0.2, 0.25) is 0 Å². The van der Waals surface area contributed by atoms with Crippen molar-refractivity contribution < 1.29 is 74.7 Å². The van der Waals surface area contributed by atoms with Gasteiger partial charge in [0.2, 0.25) is 0 Å². The first-order valence-corrected chi connectivity index (χ1v) is 10.4. The minimum atomic E-state index is -1.83. The van der Waals surface area contributed by atoms with E-state index in [-0.39, 0.29) is 0 Å². The molecule has 7 unspecified atom stereocenters. The van der Waals surface area contributed by atoms with Gasteiger partial charge in [0.05, 0.1) is 19.3 Å². The molecule has 194 valence electrons. The van der Waals surface area contributed by atoms with Crippen LogP contribution in [0.5, 0.6) is 0 Å². The van der Waals surface area contributed by atoms with Gasteiger partial charge in [-0.05, 0) is 6.92 Å². The molecule has 0 aromatic carbocycles. The molecule has 0 spiro atoms. The molecule has 0 bridgehead atoms. The second kappa shape index (κ2) is 11.0. The maximum Gasteiger partial charge on any atom is 0.187 e. The van der Waals surface area contributed by atoms with E-state index in [1.165, 1.54) is 6.92 Å². The van der Waals surface area contributed by atoms with E-state index < -0.39 is 105 Å². The van der Waals surface area contributed by atoms with E-state index in [1.807, 2.05) is 0 Å². The van der Waals surface area contributed by atoms with Crippen LogP contribution in [0.1, 0.15) is 6.92 Å². The van der Waals surface area contributed by atoms with Gasteiger partial charge in [-0.3, -0.25) is 0 Å². The summed E-state index contributed by atoms with van der Waals surface area (Å²) in [6.07, 6.45) is -24.1. The lowest BCUT2D eigenvalue weighted by atomic mass is 9.96. The van der Waals surface area contributed by atoms with Crippen molar-refractivity contribution in [1.82, 2.24) is 0 Å². The van der Waals surface area contributed by atoms with E-state index in [1.54, 1.807) is 0 Å². The monoisotopic (exact) mass is 488 g/mol. The number of rotatable bonds is 6. The van der Waals surface area contributed by atoms with E-state index in [0.29, 0.717) is 0 Å². The summed E-state index contributed by atoms with van der Waals surface area (Å²) in [5.41, 5.74) is 0. The molecule has 15 nitrogen and oxygen atoms in total. The smallest absolute Gasteiger partial charge is 0.187 e. The summed E-state index contributed by atoms with van der Waals surface area (Å²) in [7, 11) is 0. The lowest BCUT2D eigenvalue weighted by Crippen LogP contribution is -2.66. The van der Waals surface area contributed by atoms with E-state index in [9.17, 15) is 51.1 Å². The summed E-state index contributed by atoms with van der Waals surface area (Å²) in [5, 5.41) is 99.8. The minimum absolute atomic E-state index is 0.760. The molecule has 15 atom stereocenters. The molecule has 0 radical (unpaired) electrons. The number of aliphatic hydroxyl groups is 10. The Morgan fingerprint density at radius 3 is 1.73 bits per heavy atom. The van der Waals surface area contributed by atoms with Crippen LogP contribution in [0.3, 0.4) is 0 Å². The number of ether oxygens (including phenoxy) is 5. The number of hydrogen-bond acceptors (Lipinski definition) is 15. The second-order valence-corrected chi connectivity index (χ2v) is 8.32. The molecular formula is C18H32O15. The quantitative estimate of drug-likeness (QED) is 0.167. The molecule has 0 aliphatic carbocycles. The fourth-order valence-electron chi connectivity index (χ4n) is 3.98. The van der Waals surface area contributed by atoms with E-state index in [2.05, 4.69) is 0 Å². The highest BCUT2D eigenvalue weighted by Gasteiger charge is 2.53. The van der Waals surface area contributed by atoms with Crippen LogP contribution >= 0.6 is 0 Å². The van der Waals surface area contributed by atoms with Crippen LogP contribution in [-0.4, -0.2) is 156 Å². The number of aliphatic hydroxyl groups excluding tert-OH is 10. The van der Waals surface area contributed by atoms with Gasteiger partial charge in [-0.1, -0.05) is 0 Å². The third kappa shape index (κ3) is 5.32. The molecule has 0 saturated carbocycles. The Bertz CT molecular complexity index is 624. The Balaban J connectivity index is 1.83. The van der Waals surface area contributed by atoms with Gasteiger partial charge in [-0.2, -0.15) is 0 Å². The van der Waals surface area contributed by atoms with Crippen LogP contribution in [-0.2, 0) is 23.7 Å². The summed E-state index contributed by atoms with van der Waals surface area (Å²) in [4.78, 5) is 0. The zero-order chi connectivity index (χ0) is 24.6. The van der Waals surface area contributed by atoms with Crippen LogP contribution < -0.4 is 0 Å². The number of hydrogen-bond donors (Lipinski definition) is 10. The van der Waals surface area contributed by atoms with Gasteiger partial charge in [-0.25, -0.2) is 0 Å². The molecular weight excluding hydrogens is 456 g/mol. The average Bonchev–Trinajstić information content (AvgIpc) is 2.80. The van der Waals surface area contributed by atoms with Crippen molar-refractivity contribution >= 4 is 0 Å². The molecule has 3 aliphatic rings. The van der Waals surface area contributed by atoms with Crippen molar-refractivity contribution in [3.63, 3.8) is 0 Å². The second-order valence-electron chi connectivity index (χ2n) is 8.32. The first kappa shape index (κ1) is 27.0. The maximum absolute atomic E-state index is 10.6. The van der Waals surface area contributed by atoms with Gasteiger partial charge in [0, 0.05) is 0 Å². The highest BCUT2D eigenvalue weighted by molar-refractivity contribution is 4.95. The molecule has 0 aromatic rings. The third-order valence-corrected chi connectivity index (χ3v) is 6.05. The van der Waals surface area contributed by atoms with Crippen molar-refractivity contribution in [2.45, 2.75) is 99.0 Å². The standard InChI is InChI=1S/C18H32O15/c1-4-7(21)9(23)13(27)17(29-4)33-15-10(24)8(22)5(2-19)31-18(15)32-14-6(3-20)30-16(28)12(26)11(14)25/h4-28H,2-3H2,1H3/t4-,5+,6?,7+,8+,9?,10?,11?,12+,13?,14-,15?,16?,17-,18+/m1/s1. The van der Waals surface area contributed by atoms with E-state index in [0.717, 1.165) is 0 Å². The molecule has 3 aliphatic heterocycles. The molecule has 10 N–H and O–H groups in total. The van der Waals surface area contributed by atoms with Crippen molar-refractivity contribution in [3.05, 3.63) is 0 Å². The van der Waals surface area contributed by atoms with Crippen molar-refractivity contribution in [2.24, 2.45) is 0 Å². The summed E-state index contributed by atoms with van der Waals surface area (Å²) in [6, 6.07) is 0. The molecule has 15 heteroatoms. The van der Waals surface area contributed by atoms with Crippen LogP contribution in [0.4, 0.5) is 0 Å². The Kier molecular flexibility index (Phi) is 8.99. The molecule has 0 aromatic heterocycles. The molecule has 0 amide bonds. The van der Waals surface area contributed by atoms with Crippen molar-refractivity contribution in [3.8, 4) is 0 Å². The summed E-state index contributed by atoms with van der Waals surface area (Å²) in [6.45, 7) is -0.128. The maximum atomic E-state index is 10.6. The SMILES string of the molecule is C[C@H]1O[C@H](OC2C(O)[C@@H](O)[C@H](CO)O[C@H]2O[C@@H]2C(CO)OC(O)[C@@H](O)C2O)C(O)C(O)[C@H]1O. The molecule has 3 saturated heterocycles. The average molecular weight is 488 g/mol. The van der Waals surface area contributed by atoms with Gasteiger partial charge in [0.25, 0.3) is 0 Å². The Morgan fingerprint density at radius 2 is 1.12 bits per heavy atom. The van der Waals surface area contributed by atoms with Gasteiger partial charge < -0.3 is 74.7 Å². The zero-order valence-electron chi connectivity index (χ0n) is 17.6. The Labute approximate surface area is 187 Å². The third-order valence-electron chi connectivity index (χ3n) is 6.05. The first-order valence-electron chi connectivity index (χ1n) is 10.4. The van der Waals surface area contributed by atoms with Crippen LogP contribution in [0, 0.1) is 0 Å². The topological polar surface area (TPSA) is 248 Å². The zero-order valence-corrected chi connectivity index (χ0v) is 17.6. The summed E-state index contributed by atoms with van der Waals surface area (Å²) in [5.74, 6) is 0.